The minimum Gasteiger partial charge on any atom is -0.282 e. The van der Waals surface area contributed by atoms with Gasteiger partial charge < -0.3 is 0 Å². The van der Waals surface area contributed by atoms with Crippen LogP contribution in [0.5, 0.6) is 0 Å². The van der Waals surface area contributed by atoms with E-state index in [4.69, 9.17) is 0 Å². The first-order valence-electron chi connectivity index (χ1n) is 13.3. The van der Waals surface area contributed by atoms with Gasteiger partial charge in [0.05, 0.1) is 10.1 Å². The largest absolute Gasteiger partial charge is 0.282 e. The van der Waals surface area contributed by atoms with E-state index in [0.717, 1.165) is 19.4 Å². The van der Waals surface area contributed by atoms with Crippen molar-refractivity contribution in [2.45, 2.75) is 52.4 Å². The van der Waals surface area contributed by atoms with Crippen LogP contribution in [-0.4, -0.2) is 22.3 Å². The summed E-state index contributed by atoms with van der Waals surface area (Å²) in [4.78, 5) is 8.84. The standard InChI is InChI=1S/C12H15NS.C12H13NS.C9H12/c2*1-10(12-13-7-8-14-12)9-11-5-3-2-4-6-11;1-2-6-9-7-4-3-5-8-9/h2-6,10H,7-9H2,1H3;2-8,10H,9H2,1H3;3-5,7-8H,2,6H2,1H3/t2*10-;/m00./s1. The van der Waals surface area contributed by atoms with Crippen LogP contribution in [0.25, 0.3) is 0 Å². The van der Waals surface area contributed by atoms with E-state index in [1.165, 1.54) is 45.3 Å². The third kappa shape index (κ3) is 11.1. The molecule has 4 heteroatoms. The van der Waals surface area contributed by atoms with Gasteiger partial charge in [-0.15, -0.1) is 23.1 Å². The predicted molar refractivity (Wildman–Crippen MR) is 165 cm³/mol. The molecule has 1 aliphatic rings. The molecule has 2 heterocycles. The number of thiazole rings is 1. The summed E-state index contributed by atoms with van der Waals surface area (Å²) in [6, 6.07) is 31.8. The average molecular weight is 529 g/mol. The molecule has 1 aliphatic heterocycles. The molecule has 2 atom stereocenters. The molecule has 0 fully saturated rings. The molecule has 0 amide bonds. The Morgan fingerprint density at radius 1 is 0.730 bits per heavy atom. The molecule has 5 rings (SSSR count). The highest BCUT2D eigenvalue weighted by molar-refractivity contribution is 8.14. The van der Waals surface area contributed by atoms with E-state index in [1.54, 1.807) is 11.3 Å². The van der Waals surface area contributed by atoms with E-state index < -0.39 is 0 Å². The molecule has 0 radical (unpaired) electrons. The topological polar surface area (TPSA) is 25.2 Å². The van der Waals surface area contributed by atoms with Crippen molar-refractivity contribution < 1.29 is 0 Å². The second kappa shape index (κ2) is 16.9. The zero-order chi connectivity index (χ0) is 26.1. The molecule has 0 unspecified atom stereocenters. The highest BCUT2D eigenvalue weighted by Gasteiger charge is 2.15. The Morgan fingerprint density at radius 2 is 1.27 bits per heavy atom. The van der Waals surface area contributed by atoms with Crippen LogP contribution in [0.4, 0.5) is 0 Å². The number of rotatable bonds is 8. The number of hydrogen-bond acceptors (Lipinski definition) is 4. The predicted octanol–water partition coefficient (Wildman–Crippen LogP) is 9.14. The summed E-state index contributed by atoms with van der Waals surface area (Å²) >= 11 is 3.66. The van der Waals surface area contributed by atoms with Gasteiger partial charge in [0.25, 0.3) is 0 Å². The second-order valence-electron chi connectivity index (χ2n) is 9.36. The lowest BCUT2D eigenvalue weighted by Crippen LogP contribution is -2.08. The SMILES string of the molecule is CCCc1ccccc1.C[C@@H](Cc1ccccc1)C1=NCCS1.C[C@@H](Cc1ccccc1)c1nccs1. The van der Waals surface area contributed by atoms with Crippen molar-refractivity contribution >= 4 is 28.1 Å². The Kier molecular flexibility index (Phi) is 13.2. The van der Waals surface area contributed by atoms with Crippen LogP contribution in [0.3, 0.4) is 0 Å². The van der Waals surface area contributed by atoms with E-state index in [0.29, 0.717) is 11.8 Å². The molecule has 37 heavy (non-hydrogen) atoms. The zero-order valence-electron chi connectivity index (χ0n) is 22.4. The maximum atomic E-state index is 4.51. The van der Waals surface area contributed by atoms with Gasteiger partial charge in [0.15, 0.2) is 0 Å². The van der Waals surface area contributed by atoms with Gasteiger partial charge in [-0.1, -0.05) is 118 Å². The van der Waals surface area contributed by atoms with E-state index in [9.17, 15) is 0 Å². The van der Waals surface area contributed by atoms with Crippen molar-refractivity contribution in [1.82, 2.24) is 4.98 Å². The zero-order valence-corrected chi connectivity index (χ0v) is 24.1. The van der Waals surface area contributed by atoms with Crippen molar-refractivity contribution in [3.63, 3.8) is 0 Å². The summed E-state index contributed by atoms with van der Waals surface area (Å²) in [6.45, 7) is 7.71. The van der Waals surface area contributed by atoms with Crippen LogP contribution in [0.1, 0.15) is 54.8 Å². The molecule has 2 nitrogen and oxygen atoms in total. The van der Waals surface area contributed by atoms with Crippen molar-refractivity contribution in [3.05, 3.63) is 124 Å². The number of benzene rings is 3. The Balaban J connectivity index is 0.000000159. The fraction of sp³-hybridized carbons (Fsp3) is 0.333. The molecule has 1 aromatic heterocycles. The van der Waals surface area contributed by atoms with Crippen molar-refractivity contribution in [2.24, 2.45) is 10.9 Å². The minimum absolute atomic E-state index is 0.525. The average Bonchev–Trinajstić information content (AvgIpc) is 3.67. The first-order valence-corrected chi connectivity index (χ1v) is 15.2. The van der Waals surface area contributed by atoms with Gasteiger partial charge in [-0.2, -0.15) is 0 Å². The highest BCUT2D eigenvalue weighted by Crippen LogP contribution is 2.22. The Bertz CT molecular complexity index is 1130. The molecule has 0 saturated heterocycles. The van der Waals surface area contributed by atoms with Crippen LogP contribution in [-0.2, 0) is 19.3 Å². The van der Waals surface area contributed by atoms with Crippen LogP contribution >= 0.6 is 23.1 Å². The number of aromatic nitrogens is 1. The summed E-state index contributed by atoms with van der Waals surface area (Å²) in [5.41, 5.74) is 4.24. The molecule has 194 valence electrons. The van der Waals surface area contributed by atoms with E-state index in [1.807, 2.05) is 23.3 Å². The molecule has 4 aromatic rings. The Hall–Kier alpha value is -2.69. The summed E-state index contributed by atoms with van der Waals surface area (Å²) in [5.74, 6) is 2.29. The van der Waals surface area contributed by atoms with Gasteiger partial charge in [0, 0.05) is 35.7 Å². The third-order valence-electron chi connectivity index (χ3n) is 6.05. The Labute approximate surface area is 232 Å². The normalized spacial score (nSPS) is 13.9. The van der Waals surface area contributed by atoms with E-state index in [-0.39, 0.29) is 0 Å². The van der Waals surface area contributed by atoms with E-state index >= 15 is 0 Å². The van der Waals surface area contributed by atoms with E-state index in [2.05, 4.69) is 122 Å². The van der Waals surface area contributed by atoms with Gasteiger partial charge in [-0.25, -0.2) is 4.98 Å². The lowest BCUT2D eigenvalue weighted by Gasteiger charge is -2.10. The first kappa shape index (κ1) is 28.9. The summed E-state index contributed by atoms with van der Waals surface area (Å²) in [6.07, 6.45) is 6.52. The summed E-state index contributed by atoms with van der Waals surface area (Å²) in [7, 11) is 0. The van der Waals surface area contributed by atoms with Crippen LogP contribution in [0.15, 0.2) is 108 Å². The number of aryl methyl sites for hydroxylation is 1. The second-order valence-corrected chi connectivity index (χ2v) is 11.4. The molecule has 0 bridgehead atoms. The third-order valence-corrected chi connectivity index (χ3v) is 8.28. The number of hydrogen-bond donors (Lipinski definition) is 0. The highest BCUT2D eigenvalue weighted by atomic mass is 32.2. The maximum Gasteiger partial charge on any atom is 0.0956 e. The number of thioether (sulfide) groups is 1. The van der Waals surface area contributed by atoms with Gasteiger partial charge in [0.1, 0.15) is 0 Å². The Morgan fingerprint density at radius 3 is 1.73 bits per heavy atom. The smallest absolute Gasteiger partial charge is 0.0956 e. The van der Waals surface area contributed by atoms with Gasteiger partial charge in [0.2, 0.25) is 0 Å². The van der Waals surface area contributed by atoms with Crippen LogP contribution in [0.2, 0.25) is 0 Å². The monoisotopic (exact) mass is 528 g/mol. The molecule has 3 aromatic carbocycles. The van der Waals surface area contributed by atoms with Crippen LogP contribution < -0.4 is 0 Å². The first-order chi connectivity index (χ1) is 18.2. The minimum atomic E-state index is 0.525. The lowest BCUT2D eigenvalue weighted by molar-refractivity contribution is 0.751. The van der Waals surface area contributed by atoms with Crippen molar-refractivity contribution in [2.75, 3.05) is 12.3 Å². The van der Waals surface area contributed by atoms with Crippen molar-refractivity contribution in [1.29, 1.82) is 0 Å². The quantitative estimate of drug-likeness (QED) is 0.228. The fourth-order valence-corrected chi connectivity index (χ4v) is 5.81. The molecule has 0 spiro atoms. The fourth-order valence-electron chi connectivity index (χ4n) is 4.17. The van der Waals surface area contributed by atoms with Crippen LogP contribution in [0, 0.1) is 5.92 Å². The number of aliphatic imine (C=N–C) groups is 1. The molecule has 0 saturated carbocycles. The lowest BCUT2D eigenvalue weighted by atomic mass is 10.0. The van der Waals surface area contributed by atoms with Gasteiger partial charge >= 0.3 is 0 Å². The molecular weight excluding hydrogens is 489 g/mol. The molecule has 0 aliphatic carbocycles. The number of nitrogens with zero attached hydrogens (tertiary/aromatic N) is 2. The van der Waals surface area contributed by atoms with Gasteiger partial charge in [-0.05, 0) is 36.0 Å². The summed E-state index contributed by atoms with van der Waals surface area (Å²) in [5, 5.41) is 4.61. The van der Waals surface area contributed by atoms with Gasteiger partial charge in [-0.3, -0.25) is 4.99 Å². The maximum absolute atomic E-state index is 4.51. The van der Waals surface area contributed by atoms with Crippen molar-refractivity contribution in [3.8, 4) is 0 Å². The molecular formula is C33H40N2S2. The molecule has 0 N–H and O–H groups in total. The summed E-state index contributed by atoms with van der Waals surface area (Å²) < 4.78 is 0.